The van der Waals surface area contributed by atoms with E-state index in [2.05, 4.69) is 20.2 Å². The number of rotatable bonds is 7. The number of hydrogen-bond donors (Lipinski definition) is 1. The van der Waals surface area contributed by atoms with Gasteiger partial charge in [0.15, 0.2) is 0 Å². The summed E-state index contributed by atoms with van der Waals surface area (Å²) in [5, 5.41) is 3.26. The van der Waals surface area contributed by atoms with E-state index in [-0.39, 0.29) is 5.91 Å². The molecule has 0 unspecified atom stereocenters. The first-order valence-electron chi connectivity index (χ1n) is 9.85. The molecule has 0 aliphatic carbocycles. The second kappa shape index (κ2) is 9.61. The molecule has 1 amide bonds. The highest BCUT2D eigenvalue weighted by Gasteiger charge is 2.19. The number of amides is 1. The van der Waals surface area contributed by atoms with Crippen molar-refractivity contribution < 1.29 is 9.53 Å². The summed E-state index contributed by atoms with van der Waals surface area (Å²) in [5.74, 6) is 0.381. The van der Waals surface area contributed by atoms with Crippen molar-refractivity contribution in [2.45, 2.75) is 20.8 Å². The van der Waals surface area contributed by atoms with Crippen LogP contribution in [-0.2, 0) is 4.74 Å². The second-order valence-electron chi connectivity index (χ2n) is 6.99. The molecule has 1 aliphatic heterocycles. The maximum absolute atomic E-state index is 13.1. The predicted octanol–water partition coefficient (Wildman–Crippen LogP) is 2.50. The van der Waals surface area contributed by atoms with Crippen LogP contribution in [0.2, 0.25) is 0 Å². The van der Waals surface area contributed by atoms with Gasteiger partial charge in [0.25, 0.3) is 5.91 Å². The van der Waals surface area contributed by atoms with Gasteiger partial charge in [0.2, 0.25) is 5.95 Å². The topological polar surface area (TPSA) is 70.6 Å². The van der Waals surface area contributed by atoms with Gasteiger partial charge in [-0.05, 0) is 44.5 Å². The van der Waals surface area contributed by atoms with E-state index in [1.165, 1.54) is 0 Å². The van der Waals surface area contributed by atoms with Crippen LogP contribution in [0.4, 0.5) is 11.6 Å². The van der Waals surface area contributed by atoms with Crippen molar-refractivity contribution >= 4 is 17.5 Å². The highest BCUT2D eigenvalue weighted by molar-refractivity contribution is 6.05. The van der Waals surface area contributed by atoms with Crippen molar-refractivity contribution in [1.29, 1.82) is 0 Å². The summed E-state index contributed by atoms with van der Waals surface area (Å²) in [4.78, 5) is 26.1. The lowest BCUT2D eigenvalue weighted by atomic mass is 10.2. The summed E-state index contributed by atoms with van der Waals surface area (Å²) in [5.41, 5.74) is 3.18. The monoisotopic (exact) mass is 383 g/mol. The molecule has 1 saturated heterocycles. The lowest BCUT2D eigenvalue weighted by Crippen LogP contribution is -2.39. The molecule has 0 spiro atoms. The van der Waals surface area contributed by atoms with E-state index in [9.17, 15) is 4.79 Å². The summed E-state index contributed by atoms with van der Waals surface area (Å²) in [7, 11) is 0. The van der Waals surface area contributed by atoms with Crippen molar-refractivity contribution in [2.75, 3.05) is 56.2 Å². The molecule has 1 aliphatic rings. The van der Waals surface area contributed by atoms with Crippen LogP contribution in [0, 0.1) is 13.8 Å². The van der Waals surface area contributed by atoms with Gasteiger partial charge in [0.05, 0.1) is 13.2 Å². The number of aromatic nitrogens is 2. The number of aryl methyl sites for hydroxylation is 2. The molecule has 3 rings (SSSR count). The van der Waals surface area contributed by atoms with Gasteiger partial charge >= 0.3 is 0 Å². The van der Waals surface area contributed by atoms with Gasteiger partial charge in [-0.1, -0.05) is 12.1 Å². The molecule has 1 N–H and O–H groups in total. The van der Waals surface area contributed by atoms with Crippen molar-refractivity contribution in [3.8, 4) is 0 Å². The Hall–Kier alpha value is -2.51. The Kier molecular flexibility index (Phi) is 6.95. The summed E-state index contributed by atoms with van der Waals surface area (Å²) in [6.45, 7) is 11.5. The number of carbonyl (C=O) groups excluding carboxylic acids is 1. The number of benzene rings is 1. The van der Waals surface area contributed by atoms with Crippen molar-refractivity contribution in [1.82, 2.24) is 14.9 Å². The first-order valence-corrected chi connectivity index (χ1v) is 9.85. The van der Waals surface area contributed by atoms with Gasteiger partial charge in [-0.15, -0.1) is 0 Å². The third kappa shape index (κ3) is 5.27. The zero-order valence-electron chi connectivity index (χ0n) is 16.9. The number of ether oxygens (including phenoxy) is 1. The van der Waals surface area contributed by atoms with E-state index < -0.39 is 0 Å². The van der Waals surface area contributed by atoms with Crippen LogP contribution in [-0.4, -0.2) is 66.7 Å². The molecule has 0 atom stereocenters. The van der Waals surface area contributed by atoms with Gasteiger partial charge in [0, 0.05) is 44.1 Å². The molecule has 0 saturated carbocycles. The van der Waals surface area contributed by atoms with Crippen molar-refractivity contribution in [3.63, 3.8) is 0 Å². The summed E-state index contributed by atoms with van der Waals surface area (Å²) >= 11 is 0. The van der Waals surface area contributed by atoms with Gasteiger partial charge < -0.3 is 15.0 Å². The Morgan fingerprint density at radius 1 is 1.21 bits per heavy atom. The van der Waals surface area contributed by atoms with Crippen molar-refractivity contribution in [3.05, 3.63) is 47.3 Å². The van der Waals surface area contributed by atoms with Crippen LogP contribution in [0.5, 0.6) is 0 Å². The smallest absolute Gasteiger partial charge is 0.277 e. The van der Waals surface area contributed by atoms with Gasteiger partial charge in [-0.25, -0.2) is 9.97 Å². The van der Waals surface area contributed by atoms with Crippen LogP contribution < -0.4 is 10.2 Å². The molecule has 2 aromatic rings. The highest BCUT2D eigenvalue weighted by atomic mass is 16.5. The SMILES string of the molecule is CCN(C(=O)c1cc(C)nc(NCCN2CCOCC2)n1)c1cccc(C)c1. The summed E-state index contributed by atoms with van der Waals surface area (Å²) < 4.78 is 5.37. The first-order chi connectivity index (χ1) is 13.6. The van der Waals surface area contributed by atoms with Crippen LogP contribution >= 0.6 is 0 Å². The minimum Gasteiger partial charge on any atom is -0.379 e. The molecular weight excluding hydrogens is 354 g/mol. The Morgan fingerprint density at radius 3 is 2.71 bits per heavy atom. The molecule has 1 aromatic heterocycles. The quantitative estimate of drug-likeness (QED) is 0.792. The zero-order valence-corrected chi connectivity index (χ0v) is 16.9. The average Bonchev–Trinajstić information content (AvgIpc) is 2.69. The van der Waals surface area contributed by atoms with Crippen LogP contribution in [0.15, 0.2) is 30.3 Å². The molecule has 2 heterocycles. The normalized spacial score (nSPS) is 14.7. The fraction of sp³-hybridized carbons (Fsp3) is 0.476. The molecular formula is C21H29N5O2. The molecule has 0 bridgehead atoms. The molecule has 7 nitrogen and oxygen atoms in total. The van der Waals surface area contributed by atoms with Gasteiger partial charge in [-0.3, -0.25) is 9.69 Å². The zero-order chi connectivity index (χ0) is 19.9. The highest BCUT2D eigenvalue weighted by Crippen LogP contribution is 2.18. The van der Waals surface area contributed by atoms with E-state index in [4.69, 9.17) is 4.74 Å². The molecule has 0 radical (unpaired) electrons. The molecule has 150 valence electrons. The van der Waals surface area contributed by atoms with E-state index in [0.717, 1.165) is 56.3 Å². The molecule has 7 heteroatoms. The van der Waals surface area contributed by atoms with Crippen molar-refractivity contribution in [2.24, 2.45) is 0 Å². The van der Waals surface area contributed by atoms with E-state index >= 15 is 0 Å². The number of carbonyl (C=O) groups is 1. The third-order valence-electron chi connectivity index (χ3n) is 4.76. The minimum atomic E-state index is -0.116. The summed E-state index contributed by atoms with van der Waals surface area (Å²) in [6, 6.07) is 9.69. The molecule has 1 fully saturated rings. The predicted molar refractivity (Wildman–Crippen MR) is 111 cm³/mol. The first kappa shape index (κ1) is 20.2. The number of morpholine rings is 1. The van der Waals surface area contributed by atoms with Crippen LogP contribution in [0.1, 0.15) is 28.7 Å². The van der Waals surface area contributed by atoms with Gasteiger partial charge in [0.1, 0.15) is 5.69 Å². The van der Waals surface area contributed by atoms with E-state index in [1.807, 2.05) is 45.0 Å². The lowest BCUT2D eigenvalue weighted by molar-refractivity contribution is 0.0398. The standard InChI is InChI=1S/C21H29N5O2/c1-4-26(18-7-5-6-16(2)14-18)20(27)19-15-17(3)23-21(24-19)22-8-9-25-10-12-28-13-11-25/h5-7,14-15H,4,8-13H2,1-3H3,(H,22,23,24). The second-order valence-corrected chi connectivity index (χ2v) is 6.99. The Labute approximate surface area is 166 Å². The largest absolute Gasteiger partial charge is 0.379 e. The number of hydrogen-bond acceptors (Lipinski definition) is 6. The fourth-order valence-corrected chi connectivity index (χ4v) is 3.29. The number of nitrogens with zero attached hydrogens (tertiary/aromatic N) is 4. The Morgan fingerprint density at radius 2 is 2.00 bits per heavy atom. The van der Waals surface area contributed by atoms with Gasteiger partial charge in [-0.2, -0.15) is 0 Å². The van der Waals surface area contributed by atoms with Crippen LogP contribution in [0.25, 0.3) is 0 Å². The van der Waals surface area contributed by atoms with E-state index in [1.54, 1.807) is 11.0 Å². The third-order valence-corrected chi connectivity index (χ3v) is 4.76. The minimum absolute atomic E-state index is 0.116. The maximum Gasteiger partial charge on any atom is 0.277 e. The Balaban J connectivity index is 1.69. The molecule has 28 heavy (non-hydrogen) atoms. The fourth-order valence-electron chi connectivity index (χ4n) is 3.29. The Bertz CT molecular complexity index is 805. The average molecular weight is 383 g/mol. The van der Waals surface area contributed by atoms with Crippen LogP contribution in [0.3, 0.4) is 0 Å². The maximum atomic E-state index is 13.1. The molecule has 1 aromatic carbocycles. The number of anilines is 2. The summed E-state index contributed by atoms with van der Waals surface area (Å²) in [6.07, 6.45) is 0. The van der Waals surface area contributed by atoms with E-state index in [0.29, 0.717) is 18.2 Å². The number of nitrogens with one attached hydrogen (secondary N) is 1. The lowest BCUT2D eigenvalue weighted by Gasteiger charge is -2.26.